The Morgan fingerprint density at radius 1 is 1.82 bits per heavy atom. The van der Waals surface area contributed by atoms with Gasteiger partial charge in [-0.2, -0.15) is 0 Å². The first kappa shape index (κ1) is 8.64. The average molecular weight is 172 g/mol. The Labute approximate surface area is 69.9 Å². The van der Waals surface area contributed by atoms with E-state index in [1.807, 2.05) is 6.92 Å². The van der Waals surface area contributed by atoms with Crippen molar-refractivity contribution in [3.8, 4) is 0 Å². The Morgan fingerprint density at radius 3 is 2.91 bits per heavy atom. The number of aliphatic hydroxyl groups is 1. The van der Waals surface area contributed by atoms with Crippen molar-refractivity contribution in [3.63, 3.8) is 0 Å². The minimum absolute atomic E-state index is 0.0751. The van der Waals surface area contributed by atoms with Crippen molar-refractivity contribution in [1.82, 2.24) is 4.98 Å². The van der Waals surface area contributed by atoms with Crippen LogP contribution in [0.25, 0.3) is 0 Å². The van der Waals surface area contributed by atoms with E-state index in [4.69, 9.17) is 10.8 Å². The Hall–Kier alpha value is -0.450. The van der Waals surface area contributed by atoms with Crippen molar-refractivity contribution in [2.24, 2.45) is 5.73 Å². The molecule has 4 heteroatoms. The highest BCUT2D eigenvalue weighted by molar-refractivity contribution is 7.09. The molecule has 1 rings (SSSR count). The molecule has 62 valence electrons. The first-order chi connectivity index (χ1) is 5.23. The number of hydrogen-bond acceptors (Lipinski definition) is 4. The van der Waals surface area contributed by atoms with E-state index < -0.39 is 0 Å². The molecule has 0 aliphatic rings. The fourth-order valence-electron chi connectivity index (χ4n) is 0.757. The van der Waals surface area contributed by atoms with Crippen LogP contribution in [0.5, 0.6) is 0 Å². The lowest BCUT2D eigenvalue weighted by Crippen LogP contribution is -2.34. The van der Waals surface area contributed by atoms with Gasteiger partial charge in [0.05, 0.1) is 12.1 Å². The second-order valence-corrected chi connectivity index (χ2v) is 3.67. The van der Waals surface area contributed by atoms with Gasteiger partial charge in [-0.3, -0.25) is 4.98 Å². The van der Waals surface area contributed by atoms with E-state index in [2.05, 4.69) is 4.98 Å². The maximum atomic E-state index is 9.06. The first-order valence-corrected chi connectivity index (χ1v) is 4.31. The molecule has 0 amide bonds. The maximum Gasteiger partial charge on any atom is 0.0794 e. The highest BCUT2D eigenvalue weighted by Crippen LogP contribution is 2.24. The second kappa shape index (κ2) is 3.30. The summed E-state index contributed by atoms with van der Waals surface area (Å²) in [6, 6.07) is 0. The molecule has 3 N–H and O–H groups in total. The third kappa shape index (κ3) is 1.58. The van der Waals surface area contributed by atoms with Crippen LogP contribution in [-0.4, -0.2) is 23.2 Å². The summed E-state index contributed by atoms with van der Waals surface area (Å²) in [6.07, 6.45) is 1.76. The van der Waals surface area contributed by atoms with Gasteiger partial charge in [0.25, 0.3) is 0 Å². The summed E-state index contributed by atoms with van der Waals surface area (Å²) >= 11 is 1.53. The molecule has 0 aromatic carbocycles. The van der Waals surface area contributed by atoms with Crippen molar-refractivity contribution in [2.75, 3.05) is 13.2 Å². The van der Waals surface area contributed by atoms with Gasteiger partial charge in [-0.25, -0.2) is 0 Å². The summed E-state index contributed by atoms with van der Waals surface area (Å²) in [6.45, 7) is 2.46. The zero-order valence-corrected chi connectivity index (χ0v) is 7.27. The Kier molecular flexibility index (Phi) is 2.59. The molecule has 1 unspecified atom stereocenters. The van der Waals surface area contributed by atoms with Gasteiger partial charge in [0.1, 0.15) is 0 Å². The van der Waals surface area contributed by atoms with E-state index in [-0.39, 0.29) is 12.0 Å². The fourth-order valence-corrected chi connectivity index (χ4v) is 1.55. The third-order valence-electron chi connectivity index (χ3n) is 1.83. The van der Waals surface area contributed by atoms with E-state index in [1.165, 1.54) is 11.3 Å². The molecule has 1 atom stereocenters. The van der Waals surface area contributed by atoms with Crippen molar-refractivity contribution < 1.29 is 5.11 Å². The second-order valence-electron chi connectivity index (χ2n) is 2.79. The first-order valence-electron chi connectivity index (χ1n) is 3.43. The molecule has 0 aliphatic carbocycles. The van der Waals surface area contributed by atoms with Crippen molar-refractivity contribution >= 4 is 11.3 Å². The van der Waals surface area contributed by atoms with Gasteiger partial charge in [-0.1, -0.05) is 6.92 Å². The summed E-state index contributed by atoms with van der Waals surface area (Å²) in [7, 11) is 0. The fraction of sp³-hybridized carbons (Fsp3) is 0.571. The summed E-state index contributed by atoms with van der Waals surface area (Å²) in [5.41, 5.74) is 6.97. The molecule has 11 heavy (non-hydrogen) atoms. The van der Waals surface area contributed by atoms with Crippen LogP contribution < -0.4 is 5.73 Å². The molecular formula is C7H12N2OS. The number of nitrogens with two attached hydrogens (primary N) is 1. The van der Waals surface area contributed by atoms with Crippen molar-refractivity contribution in [1.29, 1.82) is 0 Å². The molecule has 3 nitrogen and oxygen atoms in total. The van der Waals surface area contributed by atoms with Crippen LogP contribution in [0.2, 0.25) is 0 Å². The molecule has 0 bridgehead atoms. The summed E-state index contributed by atoms with van der Waals surface area (Å²) in [4.78, 5) is 4.98. The zero-order valence-electron chi connectivity index (χ0n) is 6.45. The highest BCUT2D eigenvalue weighted by Gasteiger charge is 2.25. The molecule has 1 aromatic heterocycles. The lowest BCUT2D eigenvalue weighted by molar-refractivity contribution is 0.212. The number of hydrogen-bond donors (Lipinski definition) is 2. The Morgan fingerprint density at radius 2 is 2.55 bits per heavy atom. The number of thiazole rings is 1. The van der Waals surface area contributed by atoms with Gasteiger partial charge in [0.15, 0.2) is 0 Å². The van der Waals surface area contributed by atoms with E-state index in [9.17, 15) is 0 Å². The van der Waals surface area contributed by atoms with Gasteiger partial charge in [-0.15, -0.1) is 11.3 Å². The monoisotopic (exact) mass is 172 g/mol. The molecule has 0 aliphatic heterocycles. The van der Waals surface area contributed by atoms with Crippen LogP contribution >= 0.6 is 11.3 Å². The van der Waals surface area contributed by atoms with Crippen LogP contribution in [0.3, 0.4) is 0 Å². The normalized spacial score (nSPS) is 16.3. The quantitative estimate of drug-likeness (QED) is 0.691. The van der Waals surface area contributed by atoms with Gasteiger partial charge in [0.2, 0.25) is 0 Å². The average Bonchev–Trinajstić information content (AvgIpc) is 2.55. The summed E-state index contributed by atoms with van der Waals surface area (Å²) < 4.78 is 0. The van der Waals surface area contributed by atoms with Gasteiger partial charge in [-0.05, 0) is 0 Å². The lowest BCUT2D eigenvalue weighted by Gasteiger charge is -2.22. The van der Waals surface area contributed by atoms with E-state index in [0.717, 1.165) is 4.88 Å². The smallest absolute Gasteiger partial charge is 0.0794 e. The number of nitrogens with zero attached hydrogens (tertiary/aromatic N) is 1. The molecule has 0 saturated carbocycles. The van der Waals surface area contributed by atoms with Gasteiger partial charge < -0.3 is 10.8 Å². The third-order valence-corrected chi connectivity index (χ3v) is 2.91. The largest absolute Gasteiger partial charge is 0.395 e. The molecule has 0 fully saturated rings. The zero-order chi connectivity index (χ0) is 8.32. The molecule has 0 saturated heterocycles. The summed E-state index contributed by atoms with van der Waals surface area (Å²) in [5.74, 6) is 0. The van der Waals surface area contributed by atoms with E-state index >= 15 is 0 Å². The highest BCUT2D eigenvalue weighted by atomic mass is 32.1. The van der Waals surface area contributed by atoms with Crippen LogP contribution in [0.4, 0.5) is 0 Å². The minimum Gasteiger partial charge on any atom is -0.395 e. The lowest BCUT2D eigenvalue weighted by atomic mass is 9.91. The molecule has 0 spiro atoms. The summed E-state index contributed by atoms with van der Waals surface area (Å²) in [5, 5.41) is 9.06. The molecular weight excluding hydrogens is 160 g/mol. The van der Waals surface area contributed by atoms with Crippen molar-refractivity contribution in [2.45, 2.75) is 12.3 Å². The molecule has 0 radical (unpaired) electrons. The SMILES string of the molecule is CC(CN)(CO)c1cncs1. The number of rotatable bonds is 3. The topological polar surface area (TPSA) is 59.1 Å². The molecule has 1 aromatic rings. The molecule has 1 heterocycles. The predicted octanol–water partition coefficient (Wildman–Crippen LogP) is 0.352. The van der Waals surface area contributed by atoms with Crippen LogP contribution in [0, 0.1) is 0 Å². The van der Waals surface area contributed by atoms with Gasteiger partial charge >= 0.3 is 0 Å². The maximum absolute atomic E-state index is 9.06. The van der Waals surface area contributed by atoms with Gasteiger partial charge in [0, 0.05) is 23.0 Å². The van der Waals surface area contributed by atoms with E-state index in [1.54, 1.807) is 11.7 Å². The standard InChI is InChI=1S/C7H12N2OS/c1-7(3-8,4-10)6-2-9-5-11-6/h2,5,10H,3-4,8H2,1H3. The van der Waals surface area contributed by atoms with Crippen LogP contribution in [0.15, 0.2) is 11.7 Å². The van der Waals surface area contributed by atoms with E-state index in [0.29, 0.717) is 6.54 Å². The minimum atomic E-state index is -0.304. The van der Waals surface area contributed by atoms with Crippen molar-refractivity contribution in [3.05, 3.63) is 16.6 Å². The Bertz CT molecular complexity index is 206. The van der Waals surface area contributed by atoms with Crippen LogP contribution in [0.1, 0.15) is 11.8 Å². The number of aromatic nitrogens is 1. The number of aliphatic hydroxyl groups excluding tert-OH is 1. The predicted molar refractivity (Wildman–Crippen MR) is 45.6 cm³/mol. The van der Waals surface area contributed by atoms with Crippen LogP contribution in [-0.2, 0) is 5.41 Å². The Balaban J connectivity index is 2.87.